The van der Waals surface area contributed by atoms with Crippen molar-refractivity contribution in [2.24, 2.45) is 10.9 Å². The average molecular weight is 473 g/mol. The number of likely N-dealkylation sites (N-methyl/N-ethyl adjacent to an activating group) is 1. The molecule has 0 radical (unpaired) electrons. The van der Waals surface area contributed by atoms with Crippen molar-refractivity contribution in [3.63, 3.8) is 0 Å². The molecule has 0 aromatic heterocycles. The summed E-state index contributed by atoms with van der Waals surface area (Å²) >= 11 is 0. The molecular formula is C20H32IN3O2. The molecule has 0 atom stereocenters. The average Bonchev–Trinajstić information content (AvgIpc) is 3.41. The van der Waals surface area contributed by atoms with Crippen LogP contribution >= 0.6 is 24.0 Å². The maximum absolute atomic E-state index is 6.10. The SMILES string of the molecule is CN=C(NCc1ccccc1OC1CCC1)N(C)CCOCC1CC1.I. The van der Waals surface area contributed by atoms with Crippen LogP contribution in [0.3, 0.4) is 0 Å². The third-order valence-corrected chi connectivity index (χ3v) is 4.95. The Kier molecular flexibility index (Phi) is 8.98. The number of hydrogen-bond acceptors (Lipinski definition) is 3. The summed E-state index contributed by atoms with van der Waals surface area (Å²) in [5.41, 5.74) is 1.17. The first-order valence-electron chi connectivity index (χ1n) is 9.50. The van der Waals surface area contributed by atoms with Gasteiger partial charge in [0.05, 0.1) is 12.7 Å². The van der Waals surface area contributed by atoms with Gasteiger partial charge < -0.3 is 19.7 Å². The number of halogens is 1. The minimum absolute atomic E-state index is 0. The quantitative estimate of drug-likeness (QED) is 0.257. The van der Waals surface area contributed by atoms with Gasteiger partial charge in [-0.15, -0.1) is 24.0 Å². The highest BCUT2D eigenvalue weighted by Crippen LogP contribution is 2.29. The predicted molar refractivity (Wildman–Crippen MR) is 116 cm³/mol. The molecule has 2 fully saturated rings. The maximum Gasteiger partial charge on any atom is 0.193 e. The van der Waals surface area contributed by atoms with E-state index in [9.17, 15) is 0 Å². The molecule has 0 bridgehead atoms. The van der Waals surface area contributed by atoms with Gasteiger partial charge in [-0.1, -0.05) is 18.2 Å². The van der Waals surface area contributed by atoms with Gasteiger partial charge in [0.2, 0.25) is 0 Å². The van der Waals surface area contributed by atoms with E-state index in [4.69, 9.17) is 9.47 Å². The molecule has 0 amide bonds. The summed E-state index contributed by atoms with van der Waals surface area (Å²) < 4.78 is 11.8. The molecule has 0 spiro atoms. The molecule has 5 nitrogen and oxygen atoms in total. The number of aliphatic imine (C=N–C) groups is 1. The number of para-hydroxylation sites is 1. The lowest BCUT2D eigenvalue weighted by Gasteiger charge is -2.28. The Balaban J connectivity index is 0.00000243. The van der Waals surface area contributed by atoms with E-state index in [1.165, 1.54) is 37.7 Å². The van der Waals surface area contributed by atoms with Crippen LogP contribution in [0.15, 0.2) is 29.3 Å². The highest BCUT2D eigenvalue weighted by atomic mass is 127. The van der Waals surface area contributed by atoms with E-state index in [-0.39, 0.29) is 24.0 Å². The van der Waals surface area contributed by atoms with Crippen molar-refractivity contribution < 1.29 is 9.47 Å². The Labute approximate surface area is 174 Å². The standard InChI is InChI=1S/C20H31N3O2.HI/c1-21-20(23(2)12-13-24-15-16-10-11-16)22-14-17-6-3-4-9-19(17)25-18-7-5-8-18;/h3-4,6,9,16,18H,5,7-8,10-15H2,1-2H3,(H,21,22);1H. The zero-order valence-electron chi connectivity index (χ0n) is 15.9. The van der Waals surface area contributed by atoms with Gasteiger partial charge >= 0.3 is 0 Å². The topological polar surface area (TPSA) is 46.1 Å². The Morgan fingerprint density at radius 1 is 1.23 bits per heavy atom. The minimum Gasteiger partial charge on any atom is -0.490 e. The zero-order chi connectivity index (χ0) is 17.5. The summed E-state index contributed by atoms with van der Waals surface area (Å²) in [4.78, 5) is 6.50. The Morgan fingerprint density at radius 2 is 2.00 bits per heavy atom. The lowest BCUT2D eigenvalue weighted by molar-refractivity contribution is 0.115. The van der Waals surface area contributed by atoms with Crippen LogP contribution in [-0.4, -0.2) is 50.8 Å². The number of rotatable bonds is 9. The summed E-state index contributed by atoms with van der Waals surface area (Å²) in [5.74, 6) is 2.69. The predicted octanol–water partition coefficient (Wildman–Crippen LogP) is 3.67. The first kappa shape index (κ1) is 21.3. The molecule has 1 N–H and O–H groups in total. The summed E-state index contributed by atoms with van der Waals surface area (Å²) in [7, 11) is 3.87. The third kappa shape index (κ3) is 6.61. The maximum atomic E-state index is 6.10. The van der Waals surface area contributed by atoms with Gasteiger partial charge in [0, 0.05) is 39.4 Å². The molecule has 1 aromatic rings. The lowest BCUT2D eigenvalue weighted by atomic mass is 9.96. The molecule has 3 rings (SSSR count). The van der Waals surface area contributed by atoms with Crippen molar-refractivity contribution >= 4 is 29.9 Å². The molecule has 26 heavy (non-hydrogen) atoms. The van der Waals surface area contributed by atoms with E-state index < -0.39 is 0 Å². The van der Waals surface area contributed by atoms with Crippen LogP contribution in [0.2, 0.25) is 0 Å². The van der Waals surface area contributed by atoms with Gasteiger partial charge in [0.15, 0.2) is 5.96 Å². The van der Waals surface area contributed by atoms with Crippen molar-refractivity contribution in [1.82, 2.24) is 10.2 Å². The highest BCUT2D eigenvalue weighted by Gasteiger charge is 2.21. The second-order valence-corrected chi connectivity index (χ2v) is 7.12. The molecule has 1 aromatic carbocycles. The normalized spacial score (nSPS) is 17.2. The van der Waals surface area contributed by atoms with Crippen LogP contribution in [0.4, 0.5) is 0 Å². The van der Waals surface area contributed by atoms with Crippen molar-refractivity contribution in [2.75, 3.05) is 33.9 Å². The number of nitrogens with zero attached hydrogens (tertiary/aromatic N) is 2. The van der Waals surface area contributed by atoms with Gasteiger partial charge in [0.25, 0.3) is 0 Å². The van der Waals surface area contributed by atoms with E-state index in [0.717, 1.165) is 37.4 Å². The van der Waals surface area contributed by atoms with Crippen molar-refractivity contribution in [3.8, 4) is 5.75 Å². The Hall–Kier alpha value is -1.02. The second-order valence-electron chi connectivity index (χ2n) is 7.12. The van der Waals surface area contributed by atoms with E-state index in [0.29, 0.717) is 12.6 Å². The molecule has 0 unspecified atom stereocenters. The lowest BCUT2D eigenvalue weighted by Crippen LogP contribution is -2.40. The second kappa shape index (κ2) is 11.0. The fourth-order valence-corrected chi connectivity index (χ4v) is 2.83. The zero-order valence-corrected chi connectivity index (χ0v) is 18.3. The molecular weight excluding hydrogens is 441 g/mol. The molecule has 2 saturated carbocycles. The molecule has 0 saturated heterocycles. The van der Waals surface area contributed by atoms with Gasteiger partial charge in [-0.2, -0.15) is 0 Å². The number of hydrogen-bond donors (Lipinski definition) is 1. The number of guanidine groups is 1. The molecule has 2 aliphatic rings. The Bertz CT molecular complexity index is 574. The highest BCUT2D eigenvalue weighted by molar-refractivity contribution is 14.0. The van der Waals surface area contributed by atoms with Crippen molar-refractivity contribution in [3.05, 3.63) is 29.8 Å². The summed E-state index contributed by atoms with van der Waals surface area (Å²) in [6, 6.07) is 8.28. The monoisotopic (exact) mass is 473 g/mol. The fourth-order valence-electron chi connectivity index (χ4n) is 2.83. The first-order chi connectivity index (χ1) is 12.3. The number of nitrogens with one attached hydrogen (secondary N) is 1. The van der Waals surface area contributed by atoms with E-state index in [1.54, 1.807) is 0 Å². The Morgan fingerprint density at radius 3 is 2.65 bits per heavy atom. The third-order valence-electron chi connectivity index (χ3n) is 4.95. The molecule has 0 heterocycles. The fraction of sp³-hybridized carbons (Fsp3) is 0.650. The minimum atomic E-state index is 0. The van der Waals surface area contributed by atoms with E-state index >= 15 is 0 Å². The first-order valence-corrected chi connectivity index (χ1v) is 9.50. The smallest absolute Gasteiger partial charge is 0.193 e. The van der Waals surface area contributed by atoms with Crippen LogP contribution in [0.5, 0.6) is 5.75 Å². The van der Waals surface area contributed by atoms with Crippen molar-refractivity contribution in [1.29, 1.82) is 0 Å². The molecule has 6 heteroatoms. The molecule has 146 valence electrons. The largest absolute Gasteiger partial charge is 0.490 e. The van der Waals surface area contributed by atoms with Crippen LogP contribution < -0.4 is 10.1 Å². The van der Waals surface area contributed by atoms with Gasteiger partial charge in [0.1, 0.15) is 5.75 Å². The van der Waals surface area contributed by atoms with Gasteiger partial charge in [-0.3, -0.25) is 4.99 Å². The summed E-state index contributed by atoms with van der Waals surface area (Å²) in [5, 5.41) is 3.44. The molecule has 2 aliphatic carbocycles. The van der Waals surface area contributed by atoms with Crippen LogP contribution in [0.25, 0.3) is 0 Å². The van der Waals surface area contributed by atoms with E-state index in [2.05, 4.69) is 33.4 Å². The summed E-state index contributed by atoms with van der Waals surface area (Å²) in [6.45, 7) is 3.20. The summed E-state index contributed by atoms with van der Waals surface area (Å²) in [6.07, 6.45) is 6.69. The van der Waals surface area contributed by atoms with Gasteiger partial charge in [-0.05, 0) is 44.1 Å². The van der Waals surface area contributed by atoms with E-state index in [1.807, 2.05) is 20.2 Å². The van der Waals surface area contributed by atoms with Crippen LogP contribution in [-0.2, 0) is 11.3 Å². The number of benzene rings is 1. The van der Waals surface area contributed by atoms with Gasteiger partial charge in [-0.25, -0.2) is 0 Å². The number of ether oxygens (including phenoxy) is 2. The van der Waals surface area contributed by atoms with Crippen molar-refractivity contribution in [2.45, 2.75) is 44.8 Å². The molecule has 0 aliphatic heterocycles. The van der Waals surface area contributed by atoms with Crippen LogP contribution in [0.1, 0.15) is 37.7 Å². The van der Waals surface area contributed by atoms with Crippen LogP contribution in [0, 0.1) is 5.92 Å².